The molecule has 6 heteroatoms. The lowest BCUT2D eigenvalue weighted by atomic mass is 9.86. The average Bonchev–Trinajstić information content (AvgIpc) is 2.46. The summed E-state index contributed by atoms with van der Waals surface area (Å²) in [6.45, 7) is 4.39. The first-order valence-corrected chi connectivity index (χ1v) is 6.95. The molecule has 0 saturated carbocycles. The van der Waals surface area contributed by atoms with Gasteiger partial charge in [-0.15, -0.1) is 0 Å². The minimum Gasteiger partial charge on any atom is -0.339 e. The van der Waals surface area contributed by atoms with Gasteiger partial charge in [0.15, 0.2) is 17.5 Å². The first kappa shape index (κ1) is 16.3. The van der Waals surface area contributed by atoms with Crippen molar-refractivity contribution in [1.82, 2.24) is 0 Å². The quantitative estimate of drug-likeness (QED) is 0.866. The fourth-order valence-electron chi connectivity index (χ4n) is 2.28. The number of rotatable bonds is 4. The maximum absolute atomic E-state index is 13.2. The van der Waals surface area contributed by atoms with Gasteiger partial charge in [0.2, 0.25) is 0 Å². The normalized spacial score (nSPS) is 29.6. The van der Waals surface area contributed by atoms with Crippen molar-refractivity contribution in [3.8, 4) is 0 Å². The van der Waals surface area contributed by atoms with Crippen LogP contribution in [0.25, 0.3) is 0 Å². The van der Waals surface area contributed by atoms with Gasteiger partial charge in [-0.1, -0.05) is 26.7 Å². The number of hydrogen-bond donors (Lipinski definition) is 1. The number of halogens is 3. The standard InChI is InChI=1S/C15H19F3O3/c1-3-4-5-14(2)8-20-15(19,21-9-14)10-6-11(16)13(18)12(17)7-10/h6-7,19H,3-5,8-9H2,1-2H3. The Kier molecular flexibility index (Phi) is 4.60. The lowest BCUT2D eigenvalue weighted by Gasteiger charge is -2.41. The molecule has 1 fully saturated rings. The molecule has 0 amide bonds. The molecule has 0 radical (unpaired) electrons. The van der Waals surface area contributed by atoms with E-state index in [1.807, 2.05) is 6.92 Å². The third-order valence-corrected chi connectivity index (χ3v) is 3.72. The zero-order valence-electron chi connectivity index (χ0n) is 12.1. The first-order chi connectivity index (χ1) is 9.80. The molecule has 1 N–H and O–H groups in total. The molecule has 1 aliphatic rings. The Morgan fingerprint density at radius 2 is 1.67 bits per heavy atom. The summed E-state index contributed by atoms with van der Waals surface area (Å²) in [6.07, 6.45) is 2.86. The highest BCUT2D eigenvalue weighted by Crippen LogP contribution is 2.38. The van der Waals surface area contributed by atoms with Crippen LogP contribution in [0.2, 0.25) is 0 Å². The lowest BCUT2D eigenvalue weighted by molar-refractivity contribution is -0.415. The van der Waals surface area contributed by atoms with Crippen LogP contribution in [0.3, 0.4) is 0 Å². The van der Waals surface area contributed by atoms with Gasteiger partial charge in [-0.05, 0) is 18.6 Å². The van der Waals surface area contributed by atoms with Crippen molar-refractivity contribution in [2.45, 2.75) is 39.1 Å². The molecule has 0 bridgehead atoms. The van der Waals surface area contributed by atoms with E-state index in [9.17, 15) is 18.3 Å². The second kappa shape index (κ2) is 5.94. The summed E-state index contributed by atoms with van der Waals surface area (Å²) < 4.78 is 50.0. The van der Waals surface area contributed by atoms with Crippen LogP contribution in [-0.4, -0.2) is 18.3 Å². The van der Waals surface area contributed by atoms with Gasteiger partial charge in [-0.3, -0.25) is 0 Å². The van der Waals surface area contributed by atoms with Gasteiger partial charge in [0.1, 0.15) is 0 Å². The van der Waals surface area contributed by atoms with Crippen LogP contribution in [0.5, 0.6) is 0 Å². The van der Waals surface area contributed by atoms with Crippen molar-refractivity contribution < 1.29 is 27.8 Å². The third kappa shape index (κ3) is 3.39. The molecule has 1 aromatic carbocycles. The van der Waals surface area contributed by atoms with E-state index in [-0.39, 0.29) is 24.2 Å². The van der Waals surface area contributed by atoms with Gasteiger partial charge in [0.25, 0.3) is 0 Å². The molecule has 0 aromatic heterocycles. The Labute approximate surface area is 121 Å². The summed E-state index contributed by atoms with van der Waals surface area (Å²) >= 11 is 0. The Hall–Kier alpha value is -1.11. The van der Waals surface area contributed by atoms with E-state index < -0.39 is 23.4 Å². The van der Waals surface area contributed by atoms with Crippen LogP contribution in [0, 0.1) is 22.9 Å². The van der Waals surface area contributed by atoms with Crippen LogP contribution >= 0.6 is 0 Å². The number of unbranched alkanes of at least 4 members (excludes halogenated alkanes) is 1. The summed E-state index contributed by atoms with van der Waals surface area (Å²) in [5.74, 6) is -6.64. The molecular weight excluding hydrogens is 285 g/mol. The summed E-state index contributed by atoms with van der Waals surface area (Å²) in [6, 6.07) is 1.35. The maximum atomic E-state index is 13.2. The Bertz CT molecular complexity index is 488. The molecule has 3 nitrogen and oxygen atoms in total. The van der Waals surface area contributed by atoms with Gasteiger partial charge in [-0.2, -0.15) is 0 Å². The smallest absolute Gasteiger partial charge is 0.309 e. The van der Waals surface area contributed by atoms with Crippen LogP contribution in [0.1, 0.15) is 38.7 Å². The molecule has 0 atom stereocenters. The van der Waals surface area contributed by atoms with Gasteiger partial charge < -0.3 is 14.6 Å². The van der Waals surface area contributed by atoms with Crippen LogP contribution in [0.4, 0.5) is 13.2 Å². The zero-order chi connectivity index (χ0) is 15.7. The largest absolute Gasteiger partial charge is 0.339 e. The van der Waals surface area contributed by atoms with Gasteiger partial charge in [0, 0.05) is 11.0 Å². The summed E-state index contributed by atoms with van der Waals surface area (Å²) in [5.41, 5.74) is -0.559. The first-order valence-electron chi connectivity index (χ1n) is 6.95. The Balaban J connectivity index is 2.15. The predicted molar refractivity (Wildman–Crippen MR) is 69.7 cm³/mol. The summed E-state index contributed by atoms with van der Waals surface area (Å²) in [4.78, 5) is 0. The number of hydrogen-bond acceptors (Lipinski definition) is 3. The van der Waals surface area contributed by atoms with E-state index in [4.69, 9.17) is 9.47 Å². The minimum atomic E-state index is -2.25. The molecule has 0 aliphatic carbocycles. The van der Waals surface area contributed by atoms with Crippen molar-refractivity contribution in [2.75, 3.05) is 13.2 Å². The predicted octanol–water partition coefficient (Wildman–Crippen LogP) is 3.45. The van der Waals surface area contributed by atoms with Crippen LogP contribution < -0.4 is 0 Å². The topological polar surface area (TPSA) is 38.7 Å². The highest BCUT2D eigenvalue weighted by atomic mass is 19.2. The SMILES string of the molecule is CCCCC1(C)COC(O)(c2cc(F)c(F)c(F)c2)OC1. The average molecular weight is 304 g/mol. The molecule has 1 aliphatic heterocycles. The van der Waals surface area contributed by atoms with Crippen molar-refractivity contribution in [2.24, 2.45) is 5.41 Å². The van der Waals surface area contributed by atoms with Crippen molar-refractivity contribution in [1.29, 1.82) is 0 Å². The van der Waals surface area contributed by atoms with E-state index in [1.165, 1.54) is 0 Å². The van der Waals surface area contributed by atoms with Crippen molar-refractivity contribution in [3.05, 3.63) is 35.1 Å². The fourth-order valence-corrected chi connectivity index (χ4v) is 2.28. The van der Waals surface area contributed by atoms with E-state index >= 15 is 0 Å². The van der Waals surface area contributed by atoms with Crippen molar-refractivity contribution in [3.63, 3.8) is 0 Å². The highest BCUT2D eigenvalue weighted by Gasteiger charge is 2.43. The minimum absolute atomic E-state index is 0.185. The van der Waals surface area contributed by atoms with Gasteiger partial charge in [0.05, 0.1) is 13.2 Å². The molecule has 1 heterocycles. The molecule has 1 saturated heterocycles. The number of ether oxygens (including phenoxy) is 2. The second-order valence-corrected chi connectivity index (χ2v) is 5.83. The molecule has 1 aromatic rings. The fraction of sp³-hybridized carbons (Fsp3) is 0.600. The monoisotopic (exact) mass is 304 g/mol. The van der Waals surface area contributed by atoms with E-state index in [0.29, 0.717) is 12.1 Å². The van der Waals surface area contributed by atoms with E-state index in [0.717, 1.165) is 19.3 Å². The maximum Gasteiger partial charge on any atom is 0.309 e. The van der Waals surface area contributed by atoms with E-state index in [2.05, 4.69) is 6.92 Å². The van der Waals surface area contributed by atoms with Gasteiger partial charge >= 0.3 is 5.97 Å². The van der Waals surface area contributed by atoms with Gasteiger partial charge in [-0.25, -0.2) is 13.2 Å². The Morgan fingerprint density at radius 3 is 2.14 bits per heavy atom. The second-order valence-electron chi connectivity index (χ2n) is 5.83. The van der Waals surface area contributed by atoms with Crippen LogP contribution in [0.15, 0.2) is 12.1 Å². The molecule has 0 spiro atoms. The molecular formula is C15H19F3O3. The third-order valence-electron chi connectivity index (χ3n) is 3.72. The molecule has 2 rings (SSSR count). The van der Waals surface area contributed by atoms with Crippen molar-refractivity contribution >= 4 is 0 Å². The number of aliphatic hydroxyl groups is 1. The van der Waals surface area contributed by atoms with E-state index in [1.54, 1.807) is 0 Å². The zero-order valence-corrected chi connectivity index (χ0v) is 12.1. The molecule has 118 valence electrons. The number of benzene rings is 1. The molecule has 0 unspecified atom stereocenters. The Morgan fingerprint density at radius 1 is 1.14 bits per heavy atom. The summed E-state index contributed by atoms with van der Waals surface area (Å²) in [7, 11) is 0. The summed E-state index contributed by atoms with van der Waals surface area (Å²) in [5, 5.41) is 10.2. The molecule has 21 heavy (non-hydrogen) atoms. The van der Waals surface area contributed by atoms with Crippen LogP contribution in [-0.2, 0) is 15.4 Å². The lowest BCUT2D eigenvalue weighted by Crippen LogP contribution is -2.46. The highest BCUT2D eigenvalue weighted by molar-refractivity contribution is 5.22.